The highest BCUT2D eigenvalue weighted by molar-refractivity contribution is 7.18. The van der Waals surface area contributed by atoms with Crippen LogP contribution >= 0.6 is 11.3 Å². The van der Waals surface area contributed by atoms with Crippen molar-refractivity contribution in [3.8, 4) is 11.4 Å². The number of carbonyl (C=O) groups is 1. The summed E-state index contributed by atoms with van der Waals surface area (Å²) >= 11 is 1.06. The van der Waals surface area contributed by atoms with Crippen molar-refractivity contribution >= 4 is 28.4 Å². The lowest BCUT2D eigenvalue weighted by Crippen LogP contribution is -2.29. The molecule has 0 fully saturated rings. The zero-order chi connectivity index (χ0) is 23.1. The molecule has 3 heterocycles. The molecule has 0 saturated heterocycles. The number of hydrogen-bond acceptors (Lipinski definition) is 12. The Labute approximate surface area is 189 Å². The molecule has 0 radical (unpaired) electrons. The second kappa shape index (κ2) is 11.0. The van der Waals surface area contributed by atoms with Crippen molar-refractivity contribution in [2.24, 2.45) is 0 Å². The van der Waals surface area contributed by atoms with Gasteiger partial charge in [-0.15, -0.1) is 0 Å². The average Bonchev–Trinajstić information content (AvgIpc) is 3.20. The topological polar surface area (TPSA) is 133 Å². The van der Waals surface area contributed by atoms with Crippen LogP contribution in [0.1, 0.15) is 37.4 Å². The van der Waals surface area contributed by atoms with Gasteiger partial charge in [0.25, 0.3) is 6.48 Å². The number of hydrogen-bond donors (Lipinski definition) is 1. The number of thiazole rings is 1. The number of nitrogens with zero attached hydrogens (tertiary/aromatic N) is 6. The lowest BCUT2D eigenvalue weighted by Gasteiger charge is -2.22. The van der Waals surface area contributed by atoms with Crippen molar-refractivity contribution in [2.45, 2.75) is 46.4 Å². The van der Waals surface area contributed by atoms with Gasteiger partial charge in [0.15, 0.2) is 5.13 Å². The first kappa shape index (κ1) is 23.6. The van der Waals surface area contributed by atoms with E-state index in [2.05, 4.69) is 24.9 Å². The molecular weight excluding hydrogens is 436 g/mol. The van der Waals surface area contributed by atoms with E-state index in [1.54, 1.807) is 46.2 Å². The van der Waals surface area contributed by atoms with Crippen LogP contribution in [-0.2, 0) is 14.2 Å². The first-order valence-electron chi connectivity index (χ1n) is 9.83. The summed E-state index contributed by atoms with van der Waals surface area (Å²) in [6.07, 6.45) is 7.09. The Morgan fingerprint density at radius 2 is 1.84 bits per heavy atom. The normalized spacial score (nSPS) is 12.2. The van der Waals surface area contributed by atoms with E-state index in [-0.39, 0.29) is 29.8 Å². The van der Waals surface area contributed by atoms with Gasteiger partial charge in [-0.05, 0) is 33.8 Å². The summed E-state index contributed by atoms with van der Waals surface area (Å²) in [5.74, 6) is -0.283. The fraction of sp³-hybridized carbons (Fsp3) is 0.400. The van der Waals surface area contributed by atoms with E-state index in [4.69, 9.17) is 14.2 Å². The predicted octanol–water partition coefficient (Wildman–Crippen LogP) is 2.77. The van der Waals surface area contributed by atoms with Crippen molar-refractivity contribution in [3.05, 3.63) is 41.9 Å². The van der Waals surface area contributed by atoms with Crippen LogP contribution < -0.4 is 4.90 Å². The lowest BCUT2D eigenvalue weighted by molar-refractivity contribution is -0.275. The molecule has 0 spiro atoms. The van der Waals surface area contributed by atoms with Crippen LogP contribution in [-0.4, -0.2) is 61.4 Å². The predicted molar refractivity (Wildman–Crippen MR) is 116 cm³/mol. The highest BCUT2D eigenvalue weighted by Crippen LogP contribution is 2.35. The van der Waals surface area contributed by atoms with Gasteiger partial charge in [0.2, 0.25) is 5.95 Å². The van der Waals surface area contributed by atoms with Gasteiger partial charge in [0, 0.05) is 24.8 Å². The van der Waals surface area contributed by atoms with Crippen LogP contribution in [0.15, 0.2) is 37.1 Å². The third-order valence-electron chi connectivity index (χ3n) is 3.71. The van der Waals surface area contributed by atoms with E-state index < -0.39 is 12.4 Å². The third kappa shape index (κ3) is 6.23. The number of carbonyl (C=O) groups excluding carboxylic acids is 1. The highest BCUT2D eigenvalue weighted by atomic mass is 32.1. The summed E-state index contributed by atoms with van der Waals surface area (Å²) in [6.45, 7) is 5.40. The zero-order valence-electron chi connectivity index (χ0n) is 18.1. The summed E-state index contributed by atoms with van der Waals surface area (Å²) in [5.41, 5.74) is 0.715. The van der Waals surface area contributed by atoms with E-state index in [1.807, 2.05) is 0 Å². The van der Waals surface area contributed by atoms with Gasteiger partial charge in [-0.25, -0.2) is 19.7 Å². The van der Waals surface area contributed by atoms with Gasteiger partial charge in [-0.1, -0.05) is 11.3 Å². The second-order valence-electron chi connectivity index (χ2n) is 6.98. The number of rotatable bonds is 10. The molecule has 1 atom stereocenters. The fourth-order valence-corrected chi connectivity index (χ4v) is 3.41. The standard InChI is InChI=1S/C20H24N6O5S/c1-12(2)30-17(27)16-15(14-10-21-8-9-22-14)25-19(32-16)26(18-23-6-5-7-24-18)11-29-20(28)31-13(3)4/h5-10,12-13,20,28H,11H2,1-4H3. The van der Waals surface area contributed by atoms with E-state index in [9.17, 15) is 9.90 Å². The van der Waals surface area contributed by atoms with E-state index in [0.29, 0.717) is 16.5 Å². The van der Waals surface area contributed by atoms with E-state index >= 15 is 0 Å². The van der Waals surface area contributed by atoms with Crippen molar-refractivity contribution in [1.82, 2.24) is 24.9 Å². The summed E-state index contributed by atoms with van der Waals surface area (Å²) < 4.78 is 16.0. The zero-order valence-corrected chi connectivity index (χ0v) is 18.9. The Balaban J connectivity index is 2.00. The first-order chi connectivity index (χ1) is 15.3. The molecule has 0 aliphatic carbocycles. The van der Waals surface area contributed by atoms with Crippen LogP contribution in [0.25, 0.3) is 11.4 Å². The highest BCUT2D eigenvalue weighted by Gasteiger charge is 2.27. The van der Waals surface area contributed by atoms with Gasteiger partial charge in [0.05, 0.1) is 18.4 Å². The molecule has 11 nitrogen and oxygen atoms in total. The Kier molecular flexibility index (Phi) is 8.11. The number of ether oxygens (including phenoxy) is 3. The smallest absolute Gasteiger partial charge is 0.351 e. The molecule has 3 rings (SSSR count). The fourth-order valence-electron chi connectivity index (χ4n) is 2.46. The quantitative estimate of drug-likeness (QED) is 0.354. The third-order valence-corrected chi connectivity index (χ3v) is 4.77. The van der Waals surface area contributed by atoms with E-state index in [1.165, 1.54) is 23.5 Å². The summed E-state index contributed by atoms with van der Waals surface area (Å²) in [4.78, 5) is 35.9. The molecule has 0 saturated carbocycles. The molecule has 12 heteroatoms. The van der Waals surface area contributed by atoms with Crippen LogP contribution in [0.3, 0.4) is 0 Å². The minimum absolute atomic E-state index is 0.190. The molecule has 0 aliphatic heterocycles. The van der Waals surface area contributed by atoms with Gasteiger partial charge in [0.1, 0.15) is 23.0 Å². The van der Waals surface area contributed by atoms with Crippen LogP contribution in [0.2, 0.25) is 0 Å². The molecular formula is C20H24N6O5S. The maximum atomic E-state index is 12.8. The molecule has 0 bridgehead atoms. The van der Waals surface area contributed by atoms with Gasteiger partial charge < -0.3 is 19.3 Å². The maximum absolute atomic E-state index is 12.8. The molecule has 32 heavy (non-hydrogen) atoms. The lowest BCUT2D eigenvalue weighted by atomic mass is 10.3. The minimum Gasteiger partial charge on any atom is -0.459 e. The molecule has 1 N–H and O–H groups in total. The number of anilines is 2. The SMILES string of the molecule is CC(C)OC(=O)c1sc(N(COC(O)OC(C)C)c2ncccn2)nc1-c1cnccn1. The van der Waals surface area contributed by atoms with Gasteiger partial charge in [-0.2, -0.15) is 0 Å². The van der Waals surface area contributed by atoms with Gasteiger partial charge in [-0.3, -0.25) is 14.9 Å². The van der Waals surface area contributed by atoms with Crippen molar-refractivity contribution in [3.63, 3.8) is 0 Å². The Hall–Kier alpha value is -3.06. The van der Waals surface area contributed by atoms with Crippen LogP contribution in [0, 0.1) is 0 Å². The van der Waals surface area contributed by atoms with Crippen molar-refractivity contribution in [1.29, 1.82) is 0 Å². The number of esters is 1. The Morgan fingerprint density at radius 3 is 2.47 bits per heavy atom. The molecule has 3 aromatic heterocycles. The summed E-state index contributed by atoms with van der Waals surface area (Å²) in [5, 5.41) is 10.3. The number of aromatic nitrogens is 5. The maximum Gasteiger partial charge on any atom is 0.351 e. The van der Waals surface area contributed by atoms with Gasteiger partial charge >= 0.3 is 5.97 Å². The Bertz CT molecular complexity index is 1000. The summed E-state index contributed by atoms with van der Waals surface area (Å²) in [7, 11) is 0. The number of aliphatic hydroxyl groups is 1. The van der Waals surface area contributed by atoms with Crippen LogP contribution in [0.4, 0.5) is 11.1 Å². The average molecular weight is 461 g/mol. The van der Waals surface area contributed by atoms with E-state index in [0.717, 1.165) is 11.3 Å². The first-order valence-corrected chi connectivity index (χ1v) is 10.6. The largest absolute Gasteiger partial charge is 0.459 e. The van der Waals surface area contributed by atoms with Crippen molar-refractivity contribution < 1.29 is 24.1 Å². The second-order valence-corrected chi connectivity index (χ2v) is 7.96. The minimum atomic E-state index is -1.47. The molecule has 0 aromatic carbocycles. The molecule has 1 unspecified atom stereocenters. The Morgan fingerprint density at radius 1 is 1.09 bits per heavy atom. The molecule has 0 aliphatic rings. The van der Waals surface area contributed by atoms with Crippen molar-refractivity contribution in [2.75, 3.05) is 11.6 Å². The molecule has 3 aromatic rings. The number of aliphatic hydroxyl groups excluding tert-OH is 1. The van der Waals surface area contributed by atoms with Crippen LogP contribution in [0.5, 0.6) is 0 Å². The monoisotopic (exact) mass is 460 g/mol. The molecule has 170 valence electrons. The summed E-state index contributed by atoms with van der Waals surface area (Å²) in [6, 6.07) is 1.66. The molecule has 0 amide bonds.